The Kier molecular flexibility index (Phi) is 5.40. The molecule has 0 spiro atoms. The molecule has 1 aliphatic rings. The third-order valence-electron chi connectivity index (χ3n) is 5.71. The van der Waals surface area contributed by atoms with Crippen LogP contribution < -0.4 is 10.9 Å². The Morgan fingerprint density at radius 2 is 2.09 bits per heavy atom. The number of nitrogens with zero attached hydrogens (tertiary/aromatic N) is 5. The molecule has 0 saturated carbocycles. The van der Waals surface area contributed by atoms with E-state index in [1.165, 1.54) is 36.2 Å². The lowest BCUT2D eigenvalue weighted by molar-refractivity contribution is -0.384. The van der Waals surface area contributed by atoms with Gasteiger partial charge in [0.25, 0.3) is 11.2 Å². The predicted octanol–water partition coefficient (Wildman–Crippen LogP) is 3.78. The van der Waals surface area contributed by atoms with E-state index in [9.17, 15) is 19.7 Å². The topological polar surface area (TPSA) is 125 Å². The lowest BCUT2D eigenvalue weighted by atomic mass is 10.1. The highest BCUT2D eigenvalue weighted by Gasteiger charge is 2.30. The second kappa shape index (κ2) is 8.41. The van der Waals surface area contributed by atoms with E-state index in [0.29, 0.717) is 27.6 Å². The average molecular weight is 477 g/mol. The molecule has 34 heavy (non-hydrogen) atoms. The molecule has 1 amide bonds. The summed E-state index contributed by atoms with van der Waals surface area (Å²) in [7, 11) is 0. The first kappa shape index (κ1) is 21.8. The summed E-state index contributed by atoms with van der Waals surface area (Å²) in [6, 6.07) is 11.4. The quantitative estimate of drug-likeness (QED) is 0.264. The van der Waals surface area contributed by atoms with Gasteiger partial charge in [0.1, 0.15) is 5.39 Å². The Bertz CT molecular complexity index is 1530. The van der Waals surface area contributed by atoms with Gasteiger partial charge < -0.3 is 5.32 Å². The van der Waals surface area contributed by atoms with E-state index in [-0.39, 0.29) is 29.6 Å². The zero-order valence-electron chi connectivity index (χ0n) is 18.4. The van der Waals surface area contributed by atoms with Gasteiger partial charge in [-0.25, -0.2) is 9.67 Å². The van der Waals surface area contributed by atoms with Gasteiger partial charge in [0.2, 0.25) is 5.91 Å². The number of nitrogens with one attached hydrogen (secondary N) is 1. The number of amides is 1. The molecule has 0 bridgehead atoms. The normalized spacial score (nSPS) is 14.8. The van der Waals surface area contributed by atoms with E-state index >= 15 is 0 Å². The molecule has 1 N–H and O–H groups in total. The minimum Gasteiger partial charge on any atom is -0.326 e. The summed E-state index contributed by atoms with van der Waals surface area (Å²) in [5.41, 5.74) is 3.48. The van der Waals surface area contributed by atoms with E-state index in [1.807, 2.05) is 32.0 Å². The van der Waals surface area contributed by atoms with Crippen molar-refractivity contribution < 1.29 is 9.72 Å². The highest BCUT2D eigenvalue weighted by Crippen LogP contribution is 2.34. The van der Waals surface area contributed by atoms with Crippen molar-refractivity contribution in [3.8, 4) is 5.69 Å². The standard InChI is InChI=1S/C23H20N6O4S/c1-13-6-7-19(14(2)8-13)28-21-18(11-24-28)22(31)27-17(12-34-23(27)26-21)10-20(30)25-15-4-3-5-16(9-15)29(32)33/h3-9,11,17H,10,12H2,1-2H3,(H,25,30). The summed E-state index contributed by atoms with van der Waals surface area (Å²) >= 11 is 1.42. The zero-order chi connectivity index (χ0) is 24.0. The number of carbonyl (C=O) groups is 1. The highest BCUT2D eigenvalue weighted by molar-refractivity contribution is 7.99. The fourth-order valence-electron chi connectivity index (χ4n) is 4.12. The molecule has 2 aromatic heterocycles. The maximum Gasteiger partial charge on any atom is 0.271 e. The minimum absolute atomic E-state index is 0.0427. The molecule has 0 radical (unpaired) electrons. The summed E-state index contributed by atoms with van der Waals surface area (Å²) < 4.78 is 3.23. The van der Waals surface area contributed by atoms with Gasteiger partial charge in [-0.3, -0.25) is 24.3 Å². The van der Waals surface area contributed by atoms with Gasteiger partial charge >= 0.3 is 0 Å². The number of aryl methyl sites for hydroxylation is 2. The Morgan fingerprint density at radius 1 is 1.26 bits per heavy atom. The van der Waals surface area contributed by atoms with Crippen LogP contribution in [0.1, 0.15) is 23.6 Å². The van der Waals surface area contributed by atoms with Crippen molar-refractivity contribution in [1.82, 2.24) is 19.3 Å². The van der Waals surface area contributed by atoms with Crippen molar-refractivity contribution in [2.24, 2.45) is 0 Å². The van der Waals surface area contributed by atoms with Gasteiger partial charge in [-0.1, -0.05) is 35.5 Å². The van der Waals surface area contributed by atoms with E-state index in [0.717, 1.165) is 16.8 Å². The number of fused-ring (bicyclic) bond motifs is 2. The van der Waals surface area contributed by atoms with Crippen molar-refractivity contribution in [1.29, 1.82) is 0 Å². The van der Waals surface area contributed by atoms with E-state index in [2.05, 4.69) is 10.4 Å². The number of non-ortho nitro benzene ring substituents is 1. The van der Waals surface area contributed by atoms with Gasteiger partial charge in [-0.2, -0.15) is 5.10 Å². The van der Waals surface area contributed by atoms with Gasteiger partial charge in [-0.15, -0.1) is 0 Å². The van der Waals surface area contributed by atoms with Crippen LogP contribution in [0.5, 0.6) is 0 Å². The molecule has 5 rings (SSSR count). The first-order chi connectivity index (χ1) is 16.3. The molecule has 1 atom stereocenters. The number of thioether (sulfide) groups is 1. The molecule has 11 heteroatoms. The molecule has 3 heterocycles. The van der Waals surface area contributed by atoms with Gasteiger partial charge in [-0.05, 0) is 31.5 Å². The Morgan fingerprint density at radius 3 is 2.85 bits per heavy atom. The van der Waals surface area contributed by atoms with Crippen molar-refractivity contribution in [3.63, 3.8) is 0 Å². The molecular formula is C23H20N6O4S. The van der Waals surface area contributed by atoms with Crippen LogP contribution in [0.4, 0.5) is 11.4 Å². The largest absolute Gasteiger partial charge is 0.326 e. The molecule has 2 aromatic carbocycles. The molecule has 172 valence electrons. The smallest absolute Gasteiger partial charge is 0.271 e. The van der Waals surface area contributed by atoms with Crippen LogP contribution in [0.25, 0.3) is 16.7 Å². The van der Waals surface area contributed by atoms with Crippen molar-refractivity contribution in [2.45, 2.75) is 31.5 Å². The van der Waals surface area contributed by atoms with Crippen molar-refractivity contribution in [2.75, 3.05) is 11.1 Å². The number of carbonyl (C=O) groups excluding carboxylic acids is 1. The SMILES string of the molecule is Cc1ccc(-n2ncc3c(=O)n4c(nc32)SCC4CC(=O)Nc2cccc([N+](=O)[O-])c2)c(C)c1. The summed E-state index contributed by atoms with van der Waals surface area (Å²) in [4.78, 5) is 41.1. The number of rotatable bonds is 5. The Balaban J connectivity index is 1.43. The Labute approximate surface area is 197 Å². The summed E-state index contributed by atoms with van der Waals surface area (Å²) in [5.74, 6) is 0.186. The molecule has 0 fully saturated rings. The molecule has 1 aliphatic heterocycles. The molecule has 1 unspecified atom stereocenters. The van der Waals surface area contributed by atoms with Crippen LogP contribution in [0, 0.1) is 24.0 Å². The van der Waals surface area contributed by atoms with Crippen LogP contribution >= 0.6 is 11.8 Å². The first-order valence-electron chi connectivity index (χ1n) is 10.6. The molecule has 0 saturated heterocycles. The highest BCUT2D eigenvalue weighted by atomic mass is 32.2. The van der Waals surface area contributed by atoms with Crippen LogP contribution in [0.2, 0.25) is 0 Å². The number of nitro benzene ring substituents is 1. The monoisotopic (exact) mass is 476 g/mol. The molecule has 0 aliphatic carbocycles. The van der Waals surface area contributed by atoms with E-state index in [4.69, 9.17) is 4.98 Å². The molecule has 4 aromatic rings. The number of hydrogen-bond donors (Lipinski definition) is 1. The number of nitro groups is 1. The van der Waals surface area contributed by atoms with Crippen molar-refractivity contribution >= 4 is 40.1 Å². The predicted molar refractivity (Wildman–Crippen MR) is 129 cm³/mol. The summed E-state index contributed by atoms with van der Waals surface area (Å²) in [6.07, 6.45) is 1.56. The second-order valence-electron chi connectivity index (χ2n) is 8.18. The second-order valence-corrected chi connectivity index (χ2v) is 9.16. The van der Waals surface area contributed by atoms with Crippen LogP contribution in [0.15, 0.2) is 58.6 Å². The lowest BCUT2D eigenvalue weighted by Crippen LogP contribution is -2.27. The zero-order valence-corrected chi connectivity index (χ0v) is 19.2. The molecular weight excluding hydrogens is 456 g/mol. The van der Waals surface area contributed by atoms with Crippen LogP contribution in [-0.2, 0) is 4.79 Å². The minimum atomic E-state index is -0.520. The summed E-state index contributed by atoms with van der Waals surface area (Å²) in [5, 5.41) is 19.0. The fourth-order valence-corrected chi connectivity index (χ4v) is 5.25. The van der Waals surface area contributed by atoms with Gasteiger partial charge in [0.15, 0.2) is 10.8 Å². The van der Waals surface area contributed by atoms with Crippen LogP contribution in [0.3, 0.4) is 0 Å². The van der Waals surface area contributed by atoms with Gasteiger partial charge in [0, 0.05) is 30.0 Å². The summed E-state index contributed by atoms with van der Waals surface area (Å²) in [6.45, 7) is 4.00. The van der Waals surface area contributed by atoms with E-state index < -0.39 is 4.92 Å². The van der Waals surface area contributed by atoms with Crippen LogP contribution in [-0.4, -0.2) is 35.9 Å². The first-order valence-corrected chi connectivity index (χ1v) is 11.6. The third kappa shape index (κ3) is 3.83. The van der Waals surface area contributed by atoms with Gasteiger partial charge in [0.05, 0.1) is 22.8 Å². The number of benzene rings is 2. The number of hydrogen-bond acceptors (Lipinski definition) is 7. The maximum atomic E-state index is 13.3. The third-order valence-corrected chi connectivity index (χ3v) is 6.81. The Hall–Kier alpha value is -3.99. The lowest BCUT2D eigenvalue weighted by Gasteiger charge is -2.14. The number of anilines is 1. The number of aromatic nitrogens is 4. The van der Waals surface area contributed by atoms with Crippen molar-refractivity contribution in [3.05, 3.63) is 80.3 Å². The fraction of sp³-hybridized carbons (Fsp3) is 0.217. The van der Waals surface area contributed by atoms with E-state index in [1.54, 1.807) is 15.3 Å². The molecule has 10 nitrogen and oxygen atoms in total. The maximum absolute atomic E-state index is 13.3. The average Bonchev–Trinajstić information content (AvgIpc) is 3.39.